The number of nitrogens with one attached hydrogen (secondary N) is 1. The predicted octanol–water partition coefficient (Wildman–Crippen LogP) is 1.86. The number of hydrogen-bond acceptors (Lipinski definition) is 4. The van der Waals surface area contributed by atoms with Crippen LogP contribution in [0.2, 0.25) is 0 Å². The normalized spacial score (nSPS) is 15.7. The van der Waals surface area contributed by atoms with Crippen molar-refractivity contribution in [3.05, 3.63) is 36.0 Å². The first-order valence-corrected chi connectivity index (χ1v) is 7.92. The molecule has 0 atom stereocenters. The summed E-state index contributed by atoms with van der Waals surface area (Å²) in [6, 6.07) is 9.46. The molecule has 0 saturated carbocycles. The lowest BCUT2D eigenvalue weighted by atomic mass is 10.1. The number of benzene rings is 1. The third kappa shape index (κ3) is 3.37. The van der Waals surface area contributed by atoms with Gasteiger partial charge in [0, 0.05) is 31.7 Å². The highest BCUT2D eigenvalue weighted by Crippen LogP contribution is 2.23. The molecule has 1 aliphatic rings. The van der Waals surface area contributed by atoms with Gasteiger partial charge in [0.15, 0.2) is 0 Å². The lowest BCUT2D eigenvalue weighted by molar-refractivity contribution is 0.0637. The monoisotopic (exact) mass is 314 g/mol. The summed E-state index contributed by atoms with van der Waals surface area (Å²) in [5, 5.41) is 7.14. The van der Waals surface area contributed by atoms with Crippen LogP contribution in [0.25, 0.3) is 11.3 Å². The molecule has 0 spiro atoms. The highest BCUT2D eigenvalue weighted by molar-refractivity contribution is 5.93. The van der Waals surface area contributed by atoms with E-state index < -0.39 is 0 Å². The number of aromatic nitrogens is 2. The number of H-pyrrole nitrogens is 1. The molecule has 1 saturated heterocycles. The molecular weight excluding hydrogens is 292 g/mol. The number of hydrogen-bond donors (Lipinski definition) is 1. The lowest BCUT2D eigenvalue weighted by Gasteiger charge is -2.33. The van der Waals surface area contributed by atoms with E-state index in [9.17, 15) is 4.79 Å². The third-order valence-corrected chi connectivity index (χ3v) is 4.28. The summed E-state index contributed by atoms with van der Waals surface area (Å²) in [6.07, 6.45) is 0. The molecule has 1 fully saturated rings. The van der Waals surface area contributed by atoms with Gasteiger partial charge in [0.1, 0.15) is 11.4 Å². The summed E-state index contributed by atoms with van der Waals surface area (Å²) in [7, 11) is 1.63. The summed E-state index contributed by atoms with van der Waals surface area (Å²) in [4.78, 5) is 16.8. The molecule has 0 unspecified atom stereocenters. The van der Waals surface area contributed by atoms with Crippen molar-refractivity contribution in [1.82, 2.24) is 20.0 Å². The van der Waals surface area contributed by atoms with Crippen molar-refractivity contribution in [1.29, 1.82) is 0 Å². The van der Waals surface area contributed by atoms with Crippen molar-refractivity contribution in [2.75, 3.05) is 39.8 Å². The van der Waals surface area contributed by atoms with Crippen LogP contribution in [0.15, 0.2) is 30.3 Å². The number of methoxy groups -OCH3 is 1. The minimum atomic E-state index is 0.0161. The number of likely N-dealkylation sites (N-methyl/N-ethyl adjacent to an activating group) is 1. The van der Waals surface area contributed by atoms with E-state index in [1.165, 1.54) is 0 Å². The van der Waals surface area contributed by atoms with E-state index in [4.69, 9.17) is 4.74 Å². The van der Waals surface area contributed by atoms with Gasteiger partial charge in [-0.05, 0) is 24.7 Å². The van der Waals surface area contributed by atoms with E-state index in [1.807, 2.05) is 35.2 Å². The molecule has 3 rings (SSSR count). The molecule has 0 aliphatic carbocycles. The van der Waals surface area contributed by atoms with Gasteiger partial charge >= 0.3 is 0 Å². The largest absolute Gasteiger partial charge is 0.497 e. The smallest absolute Gasteiger partial charge is 0.271 e. The molecule has 1 N–H and O–H groups in total. The summed E-state index contributed by atoms with van der Waals surface area (Å²) in [6.45, 7) is 6.57. The Kier molecular flexibility index (Phi) is 4.62. The van der Waals surface area contributed by atoms with Crippen LogP contribution in [0.5, 0.6) is 5.75 Å². The van der Waals surface area contributed by atoms with Gasteiger partial charge in [0.2, 0.25) is 0 Å². The third-order valence-electron chi connectivity index (χ3n) is 4.28. The van der Waals surface area contributed by atoms with Crippen molar-refractivity contribution < 1.29 is 9.53 Å². The van der Waals surface area contributed by atoms with Gasteiger partial charge in [-0.1, -0.05) is 19.1 Å². The number of ether oxygens (including phenoxy) is 1. The number of piperazine rings is 1. The van der Waals surface area contributed by atoms with Crippen LogP contribution in [0.3, 0.4) is 0 Å². The van der Waals surface area contributed by atoms with Crippen molar-refractivity contribution in [2.45, 2.75) is 6.92 Å². The zero-order valence-electron chi connectivity index (χ0n) is 13.6. The zero-order valence-corrected chi connectivity index (χ0v) is 13.6. The number of nitrogens with zero attached hydrogens (tertiary/aromatic N) is 3. The Bertz CT molecular complexity index is 675. The van der Waals surface area contributed by atoms with Gasteiger partial charge in [-0.15, -0.1) is 0 Å². The summed E-state index contributed by atoms with van der Waals surface area (Å²) in [5.74, 6) is 0.788. The van der Waals surface area contributed by atoms with Crippen molar-refractivity contribution in [3.63, 3.8) is 0 Å². The van der Waals surface area contributed by atoms with Crippen molar-refractivity contribution >= 4 is 5.91 Å². The Morgan fingerprint density at radius 2 is 2.04 bits per heavy atom. The van der Waals surface area contributed by atoms with E-state index in [2.05, 4.69) is 22.0 Å². The molecule has 1 amide bonds. The fourth-order valence-electron chi connectivity index (χ4n) is 2.80. The van der Waals surface area contributed by atoms with Crippen molar-refractivity contribution in [2.24, 2.45) is 0 Å². The summed E-state index contributed by atoms with van der Waals surface area (Å²) >= 11 is 0. The van der Waals surface area contributed by atoms with Crippen LogP contribution in [0, 0.1) is 0 Å². The van der Waals surface area contributed by atoms with Gasteiger partial charge in [-0.2, -0.15) is 5.10 Å². The quantitative estimate of drug-likeness (QED) is 0.936. The lowest BCUT2D eigenvalue weighted by Crippen LogP contribution is -2.48. The van der Waals surface area contributed by atoms with E-state index >= 15 is 0 Å². The minimum Gasteiger partial charge on any atom is -0.497 e. The first kappa shape index (κ1) is 15.6. The molecule has 122 valence electrons. The molecule has 0 bridgehead atoms. The second-order valence-corrected chi connectivity index (χ2v) is 5.63. The van der Waals surface area contributed by atoms with Crippen LogP contribution < -0.4 is 4.74 Å². The minimum absolute atomic E-state index is 0.0161. The Balaban J connectivity index is 1.72. The number of aromatic amines is 1. The molecule has 6 nitrogen and oxygen atoms in total. The van der Waals surface area contributed by atoms with Gasteiger partial charge in [-0.3, -0.25) is 9.89 Å². The second kappa shape index (κ2) is 6.83. The van der Waals surface area contributed by atoms with E-state index in [0.717, 1.165) is 49.7 Å². The van der Waals surface area contributed by atoms with E-state index in [1.54, 1.807) is 7.11 Å². The molecule has 0 radical (unpaired) electrons. The standard InChI is InChI=1S/C17H22N4O2/c1-3-20-7-9-21(10-8-20)17(22)16-12-15(18-19-16)13-5-4-6-14(11-13)23-2/h4-6,11-12H,3,7-10H2,1-2H3,(H,18,19). The number of rotatable bonds is 4. The molecule has 1 aromatic carbocycles. The van der Waals surface area contributed by atoms with E-state index in [-0.39, 0.29) is 5.91 Å². The first-order valence-electron chi connectivity index (χ1n) is 7.92. The second-order valence-electron chi connectivity index (χ2n) is 5.63. The Morgan fingerprint density at radius 3 is 2.74 bits per heavy atom. The maximum absolute atomic E-state index is 12.6. The van der Waals surface area contributed by atoms with Gasteiger partial charge in [0.25, 0.3) is 5.91 Å². The molecule has 6 heteroatoms. The van der Waals surface area contributed by atoms with Crippen LogP contribution in [-0.4, -0.2) is 65.7 Å². The van der Waals surface area contributed by atoms with Gasteiger partial charge in [0.05, 0.1) is 12.8 Å². The Morgan fingerprint density at radius 1 is 1.26 bits per heavy atom. The molecule has 1 aromatic heterocycles. The van der Waals surface area contributed by atoms with Crippen LogP contribution in [0.4, 0.5) is 0 Å². The predicted molar refractivity (Wildman–Crippen MR) is 88.6 cm³/mol. The average molecular weight is 314 g/mol. The average Bonchev–Trinajstić information content (AvgIpc) is 3.11. The number of carbonyl (C=O) groups excluding carboxylic acids is 1. The van der Waals surface area contributed by atoms with Crippen LogP contribution in [0.1, 0.15) is 17.4 Å². The maximum Gasteiger partial charge on any atom is 0.271 e. The summed E-state index contributed by atoms with van der Waals surface area (Å²) < 4.78 is 5.23. The Labute approximate surface area is 136 Å². The topological polar surface area (TPSA) is 61.5 Å². The number of carbonyl (C=O) groups is 1. The fourth-order valence-corrected chi connectivity index (χ4v) is 2.80. The molecule has 1 aliphatic heterocycles. The highest BCUT2D eigenvalue weighted by Gasteiger charge is 2.22. The highest BCUT2D eigenvalue weighted by atomic mass is 16.5. The van der Waals surface area contributed by atoms with Crippen LogP contribution in [-0.2, 0) is 0 Å². The van der Waals surface area contributed by atoms with Crippen LogP contribution >= 0.6 is 0 Å². The first-order chi connectivity index (χ1) is 11.2. The molecule has 23 heavy (non-hydrogen) atoms. The summed E-state index contributed by atoms with van der Waals surface area (Å²) in [5.41, 5.74) is 2.21. The molecule has 2 heterocycles. The Hall–Kier alpha value is -2.34. The fraction of sp³-hybridized carbons (Fsp3) is 0.412. The van der Waals surface area contributed by atoms with Gasteiger partial charge in [-0.25, -0.2) is 0 Å². The number of amides is 1. The van der Waals surface area contributed by atoms with Gasteiger partial charge < -0.3 is 14.5 Å². The van der Waals surface area contributed by atoms with Crippen molar-refractivity contribution in [3.8, 4) is 17.0 Å². The SMILES string of the molecule is CCN1CCN(C(=O)c2cc(-c3cccc(OC)c3)n[nH]2)CC1. The van der Waals surface area contributed by atoms with E-state index in [0.29, 0.717) is 5.69 Å². The zero-order chi connectivity index (χ0) is 16.2. The maximum atomic E-state index is 12.6. The molecular formula is C17H22N4O2. The molecule has 2 aromatic rings.